The van der Waals surface area contributed by atoms with Gasteiger partial charge >= 0.3 is 0 Å². The molecular formula is C12H14N4O2S. The van der Waals surface area contributed by atoms with Crippen molar-refractivity contribution in [1.29, 1.82) is 0 Å². The van der Waals surface area contributed by atoms with E-state index in [1.54, 1.807) is 36.5 Å². The summed E-state index contributed by atoms with van der Waals surface area (Å²) in [5.74, 6) is -0.369. The van der Waals surface area contributed by atoms with E-state index in [9.17, 15) is 9.59 Å². The predicted octanol–water partition coefficient (Wildman–Crippen LogP) is 0.860. The number of carbonyl (C=O) groups excluding carboxylic acids is 2. The molecular weight excluding hydrogens is 264 g/mol. The molecule has 0 bridgehead atoms. The predicted molar refractivity (Wildman–Crippen MR) is 71.7 cm³/mol. The Morgan fingerprint density at radius 1 is 1.53 bits per heavy atom. The van der Waals surface area contributed by atoms with E-state index >= 15 is 0 Å². The van der Waals surface area contributed by atoms with Crippen LogP contribution in [0.2, 0.25) is 0 Å². The maximum atomic E-state index is 11.8. The molecule has 0 saturated carbocycles. The number of rotatable bonds is 5. The Morgan fingerprint density at radius 3 is 3.00 bits per heavy atom. The van der Waals surface area contributed by atoms with Crippen molar-refractivity contribution in [3.8, 4) is 0 Å². The minimum Gasteiger partial charge on any atom is -0.342 e. The molecule has 0 radical (unpaired) electrons. The van der Waals surface area contributed by atoms with E-state index in [1.807, 2.05) is 5.38 Å². The molecule has 7 heteroatoms. The fourth-order valence-electron chi connectivity index (χ4n) is 1.51. The second-order valence-electron chi connectivity index (χ2n) is 4.02. The van der Waals surface area contributed by atoms with E-state index in [4.69, 9.17) is 0 Å². The first-order valence-corrected chi connectivity index (χ1v) is 6.58. The second-order valence-corrected chi connectivity index (χ2v) is 4.96. The average molecular weight is 278 g/mol. The van der Waals surface area contributed by atoms with Gasteiger partial charge in [0.15, 0.2) is 0 Å². The lowest BCUT2D eigenvalue weighted by Crippen LogP contribution is -2.37. The Kier molecular flexibility index (Phi) is 4.30. The summed E-state index contributed by atoms with van der Waals surface area (Å²) in [6.07, 6.45) is 3.39. The Hall–Kier alpha value is -2.15. The minimum atomic E-state index is -0.222. The molecule has 2 amide bonds. The van der Waals surface area contributed by atoms with Crippen LogP contribution in [-0.2, 0) is 11.3 Å². The van der Waals surface area contributed by atoms with Crippen LogP contribution in [0.3, 0.4) is 0 Å². The molecule has 0 aliphatic heterocycles. The van der Waals surface area contributed by atoms with Crippen molar-refractivity contribution in [2.24, 2.45) is 0 Å². The summed E-state index contributed by atoms with van der Waals surface area (Å²) < 4.78 is 0. The van der Waals surface area contributed by atoms with Gasteiger partial charge in [-0.3, -0.25) is 14.7 Å². The molecule has 100 valence electrons. The molecule has 0 aliphatic rings. The number of likely N-dealkylation sites (N-methyl/N-ethyl adjacent to an activating group) is 1. The number of carbonyl (C=O) groups is 2. The highest BCUT2D eigenvalue weighted by Crippen LogP contribution is 2.07. The molecule has 2 N–H and O–H groups in total. The highest BCUT2D eigenvalue weighted by atomic mass is 32.1. The van der Waals surface area contributed by atoms with Crippen LogP contribution in [0.1, 0.15) is 15.2 Å². The van der Waals surface area contributed by atoms with Crippen molar-refractivity contribution in [3.05, 3.63) is 40.3 Å². The zero-order valence-corrected chi connectivity index (χ0v) is 11.2. The van der Waals surface area contributed by atoms with Gasteiger partial charge in [-0.15, -0.1) is 11.3 Å². The maximum Gasteiger partial charge on any atom is 0.261 e. The van der Waals surface area contributed by atoms with Crippen LogP contribution >= 0.6 is 11.3 Å². The Bertz CT molecular complexity index is 536. The summed E-state index contributed by atoms with van der Waals surface area (Å²) in [5.41, 5.74) is 0.917. The number of nitrogens with one attached hydrogen (secondary N) is 2. The highest BCUT2D eigenvalue weighted by Gasteiger charge is 2.12. The lowest BCUT2D eigenvalue weighted by atomic mass is 10.3. The van der Waals surface area contributed by atoms with E-state index in [-0.39, 0.29) is 18.4 Å². The third-order valence-corrected chi connectivity index (χ3v) is 3.41. The molecule has 0 aliphatic carbocycles. The molecule has 0 fully saturated rings. The van der Waals surface area contributed by atoms with Gasteiger partial charge in [0.25, 0.3) is 5.91 Å². The van der Waals surface area contributed by atoms with Gasteiger partial charge in [0, 0.05) is 25.4 Å². The molecule has 0 spiro atoms. The van der Waals surface area contributed by atoms with Crippen LogP contribution in [0.4, 0.5) is 0 Å². The van der Waals surface area contributed by atoms with Gasteiger partial charge in [0.05, 0.1) is 17.6 Å². The van der Waals surface area contributed by atoms with Crippen molar-refractivity contribution in [3.63, 3.8) is 0 Å². The van der Waals surface area contributed by atoms with Crippen molar-refractivity contribution in [1.82, 2.24) is 20.4 Å². The van der Waals surface area contributed by atoms with E-state index in [1.165, 1.54) is 11.3 Å². The van der Waals surface area contributed by atoms with Crippen molar-refractivity contribution in [2.75, 3.05) is 13.6 Å². The van der Waals surface area contributed by atoms with Crippen LogP contribution in [0, 0.1) is 0 Å². The number of H-pyrrole nitrogens is 1. The van der Waals surface area contributed by atoms with Crippen LogP contribution in [0.25, 0.3) is 0 Å². The largest absolute Gasteiger partial charge is 0.342 e. The third-order valence-electron chi connectivity index (χ3n) is 2.55. The van der Waals surface area contributed by atoms with Gasteiger partial charge in [-0.05, 0) is 11.4 Å². The summed E-state index contributed by atoms with van der Waals surface area (Å²) in [5, 5.41) is 10.9. The molecule has 0 atom stereocenters. The molecule has 0 unspecified atom stereocenters. The molecule has 2 heterocycles. The smallest absolute Gasteiger partial charge is 0.261 e. The minimum absolute atomic E-state index is 0.00884. The summed E-state index contributed by atoms with van der Waals surface area (Å²) in [6, 6.07) is 3.52. The summed E-state index contributed by atoms with van der Waals surface area (Å²) >= 11 is 1.35. The normalized spacial score (nSPS) is 10.2. The topological polar surface area (TPSA) is 78.1 Å². The number of aromatic amines is 1. The van der Waals surface area contributed by atoms with Gasteiger partial charge in [-0.25, -0.2) is 0 Å². The molecule has 19 heavy (non-hydrogen) atoms. The van der Waals surface area contributed by atoms with Gasteiger partial charge in [0.1, 0.15) is 0 Å². The standard InChI is InChI=1S/C12H14N4O2S/c1-16(8-9-5-14-15-6-9)11(17)7-13-12(18)10-3-2-4-19-10/h2-6H,7-8H2,1H3,(H,13,18)(H,14,15). The van der Waals surface area contributed by atoms with Gasteiger partial charge in [-0.1, -0.05) is 6.07 Å². The second kappa shape index (κ2) is 6.14. The van der Waals surface area contributed by atoms with Gasteiger partial charge < -0.3 is 10.2 Å². The number of thiophene rings is 1. The van der Waals surface area contributed by atoms with Crippen LogP contribution in [0.5, 0.6) is 0 Å². The first-order chi connectivity index (χ1) is 9.16. The molecule has 0 aromatic carbocycles. The first kappa shape index (κ1) is 13.3. The maximum absolute atomic E-state index is 11.8. The van der Waals surface area contributed by atoms with E-state index < -0.39 is 0 Å². The number of aromatic nitrogens is 2. The van der Waals surface area contributed by atoms with Crippen molar-refractivity contribution < 1.29 is 9.59 Å². The quantitative estimate of drug-likeness (QED) is 0.851. The van der Waals surface area contributed by atoms with Crippen molar-refractivity contribution in [2.45, 2.75) is 6.54 Å². The zero-order valence-electron chi connectivity index (χ0n) is 10.4. The van der Waals surface area contributed by atoms with Crippen molar-refractivity contribution >= 4 is 23.2 Å². The highest BCUT2D eigenvalue weighted by molar-refractivity contribution is 7.12. The number of hydrogen-bond donors (Lipinski definition) is 2. The fourth-order valence-corrected chi connectivity index (χ4v) is 2.15. The van der Waals surface area contributed by atoms with Crippen LogP contribution < -0.4 is 5.32 Å². The summed E-state index contributed by atoms with van der Waals surface area (Å²) in [6.45, 7) is 0.454. The zero-order chi connectivity index (χ0) is 13.7. The summed E-state index contributed by atoms with van der Waals surface area (Å²) in [4.78, 5) is 25.6. The van der Waals surface area contributed by atoms with Crippen LogP contribution in [0.15, 0.2) is 29.9 Å². The van der Waals surface area contributed by atoms with E-state index in [2.05, 4.69) is 15.5 Å². The molecule has 6 nitrogen and oxygen atoms in total. The van der Waals surface area contributed by atoms with E-state index in [0.29, 0.717) is 11.4 Å². The SMILES string of the molecule is CN(Cc1cn[nH]c1)C(=O)CNC(=O)c1cccs1. The molecule has 2 rings (SSSR count). The molecule has 0 saturated heterocycles. The Labute approximate surface area is 114 Å². The first-order valence-electron chi connectivity index (χ1n) is 5.70. The lowest BCUT2D eigenvalue weighted by molar-refractivity contribution is -0.129. The number of amides is 2. The summed E-state index contributed by atoms with van der Waals surface area (Å²) in [7, 11) is 1.69. The lowest BCUT2D eigenvalue weighted by Gasteiger charge is -2.16. The Morgan fingerprint density at radius 2 is 2.37 bits per heavy atom. The van der Waals surface area contributed by atoms with Gasteiger partial charge in [-0.2, -0.15) is 5.10 Å². The molecule has 2 aromatic rings. The van der Waals surface area contributed by atoms with Gasteiger partial charge in [0.2, 0.25) is 5.91 Å². The fraction of sp³-hybridized carbons (Fsp3) is 0.250. The average Bonchev–Trinajstić information content (AvgIpc) is 3.07. The number of hydrogen-bond acceptors (Lipinski definition) is 4. The Balaban J connectivity index is 1.79. The number of nitrogens with zero attached hydrogens (tertiary/aromatic N) is 2. The monoisotopic (exact) mass is 278 g/mol. The third kappa shape index (κ3) is 3.65. The molecule has 2 aromatic heterocycles. The van der Waals surface area contributed by atoms with Crippen LogP contribution in [-0.4, -0.2) is 40.5 Å². The van der Waals surface area contributed by atoms with E-state index in [0.717, 1.165) is 5.56 Å².